The molecule has 0 rings (SSSR count). The third kappa shape index (κ3) is 48.1. The van der Waals surface area contributed by atoms with E-state index in [2.05, 4.69) is 6.92 Å². The Labute approximate surface area is 86.3 Å². The van der Waals surface area contributed by atoms with Crippen molar-refractivity contribution in [3.8, 4) is 0 Å². The fourth-order valence-corrected chi connectivity index (χ4v) is 0.571. The van der Waals surface area contributed by atoms with Gasteiger partial charge in [-0.05, 0) is 12.7 Å². The van der Waals surface area contributed by atoms with Gasteiger partial charge in [-0.1, -0.05) is 44.1 Å². The molecule has 0 heterocycles. The third-order valence-electron chi connectivity index (χ3n) is 0.550. The topological polar surface area (TPSA) is 9.23 Å². The van der Waals surface area contributed by atoms with Crippen LogP contribution in [-0.4, -0.2) is 18.8 Å². The molecule has 0 aromatic carbocycles. The summed E-state index contributed by atoms with van der Waals surface area (Å²) in [5.41, 5.74) is 0. The molecule has 12 heavy (non-hydrogen) atoms. The van der Waals surface area contributed by atoms with E-state index >= 15 is 0 Å². The van der Waals surface area contributed by atoms with Crippen LogP contribution in [0.15, 0.2) is 0 Å². The quantitative estimate of drug-likeness (QED) is 0.471. The summed E-state index contributed by atoms with van der Waals surface area (Å²) in [6.45, 7) is 3.02. The first kappa shape index (κ1) is 39.5. The van der Waals surface area contributed by atoms with E-state index in [4.69, 9.17) is 4.74 Å². The second-order valence-corrected chi connectivity index (χ2v) is 2.13. The first-order chi connectivity index (χ1) is 3.41. The summed E-state index contributed by atoms with van der Waals surface area (Å²) in [6, 6.07) is 0. The smallest absolute Gasteiger partial charge is 0.0918 e. The summed E-state index contributed by atoms with van der Waals surface area (Å²) in [6.07, 6.45) is 3.16. The average Bonchev–Trinajstić information content (AvgIpc) is 1.69. The van der Waals surface area contributed by atoms with Gasteiger partial charge in [0.25, 0.3) is 0 Å². The zero-order valence-corrected chi connectivity index (χ0v) is 5.75. The van der Waals surface area contributed by atoms with Crippen molar-refractivity contribution < 1.29 is 4.74 Å². The molecule has 0 aliphatic heterocycles. The lowest BCUT2D eigenvalue weighted by molar-refractivity contribution is 0.184. The molecule has 0 aliphatic carbocycles. The molecule has 0 aromatic heterocycles. The number of thioether (sulfide) groups is 1. The minimum atomic E-state index is 0. The van der Waals surface area contributed by atoms with Crippen molar-refractivity contribution in [3.05, 3.63) is 0 Å². The first-order valence-electron chi connectivity index (χ1n) is 2.48. The van der Waals surface area contributed by atoms with Crippen molar-refractivity contribution in [2.45, 2.75) is 50.5 Å². The zero-order valence-electron chi connectivity index (χ0n) is 4.94. The van der Waals surface area contributed by atoms with Gasteiger partial charge in [-0.15, -0.1) is 11.8 Å². The molecule has 0 aromatic rings. The van der Waals surface area contributed by atoms with Crippen LogP contribution in [0, 0.1) is 0 Å². The molecule has 0 bridgehead atoms. The molecule has 0 amide bonds. The second-order valence-electron chi connectivity index (χ2n) is 1.31. The van der Waals surface area contributed by atoms with Crippen LogP contribution in [0.1, 0.15) is 50.5 Å². The summed E-state index contributed by atoms with van der Waals surface area (Å²) in [5.74, 6) is 0.841. The Morgan fingerprint density at radius 1 is 1.00 bits per heavy atom. The summed E-state index contributed by atoms with van der Waals surface area (Å²) in [5, 5.41) is 0. The van der Waals surface area contributed by atoms with Crippen molar-refractivity contribution >= 4 is 11.8 Å². The standard InChI is InChI=1S/C5H12OS.5CH4/c1-3-4-6-5-7-2;;;;;/h3-5H2,1-2H3;5*1H4. The molecule has 0 saturated heterocycles. The molecular weight excluding hydrogens is 168 g/mol. The summed E-state index contributed by atoms with van der Waals surface area (Å²) < 4.78 is 5.09. The van der Waals surface area contributed by atoms with E-state index in [0.29, 0.717) is 0 Å². The predicted octanol–water partition coefficient (Wildman–Crippen LogP) is 4.91. The van der Waals surface area contributed by atoms with E-state index in [0.717, 1.165) is 19.0 Å². The van der Waals surface area contributed by atoms with Crippen molar-refractivity contribution in [1.29, 1.82) is 0 Å². The fourth-order valence-electron chi connectivity index (χ4n) is 0.287. The Balaban J connectivity index is -0.0000000180. The molecule has 0 saturated carbocycles. The van der Waals surface area contributed by atoms with Gasteiger partial charge in [-0.3, -0.25) is 0 Å². The summed E-state index contributed by atoms with van der Waals surface area (Å²) in [4.78, 5) is 0. The molecule has 84 valence electrons. The van der Waals surface area contributed by atoms with Crippen LogP contribution in [0.4, 0.5) is 0 Å². The van der Waals surface area contributed by atoms with E-state index in [1.807, 2.05) is 6.26 Å². The predicted molar refractivity (Wildman–Crippen MR) is 68.3 cm³/mol. The van der Waals surface area contributed by atoms with Gasteiger partial charge in [0.05, 0.1) is 5.94 Å². The summed E-state index contributed by atoms with van der Waals surface area (Å²) >= 11 is 1.72. The number of rotatable bonds is 4. The molecule has 0 N–H and O–H groups in total. The van der Waals surface area contributed by atoms with Crippen molar-refractivity contribution in [3.63, 3.8) is 0 Å². The minimum Gasteiger partial charge on any atom is -0.371 e. The van der Waals surface area contributed by atoms with Gasteiger partial charge in [0, 0.05) is 6.61 Å². The number of hydrogen-bond acceptors (Lipinski definition) is 2. The van der Waals surface area contributed by atoms with Gasteiger partial charge in [-0.2, -0.15) is 0 Å². The Morgan fingerprint density at radius 3 is 1.67 bits per heavy atom. The van der Waals surface area contributed by atoms with Crippen LogP contribution in [-0.2, 0) is 4.74 Å². The Bertz CT molecular complexity index is 29.0. The minimum absolute atomic E-state index is 0. The van der Waals surface area contributed by atoms with E-state index in [-0.39, 0.29) is 37.1 Å². The van der Waals surface area contributed by atoms with Crippen LogP contribution < -0.4 is 0 Å². The maximum atomic E-state index is 5.09. The van der Waals surface area contributed by atoms with E-state index in [1.165, 1.54) is 0 Å². The number of ether oxygens (including phenoxy) is 1. The van der Waals surface area contributed by atoms with E-state index in [9.17, 15) is 0 Å². The highest BCUT2D eigenvalue weighted by atomic mass is 32.2. The molecule has 0 radical (unpaired) electrons. The highest BCUT2D eigenvalue weighted by Crippen LogP contribution is 1.91. The van der Waals surface area contributed by atoms with Crippen LogP contribution in [0.25, 0.3) is 0 Å². The van der Waals surface area contributed by atoms with E-state index < -0.39 is 0 Å². The third-order valence-corrected chi connectivity index (χ3v) is 0.952. The largest absolute Gasteiger partial charge is 0.371 e. The highest BCUT2D eigenvalue weighted by Gasteiger charge is 1.77. The lowest BCUT2D eigenvalue weighted by atomic mass is 10.5. The van der Waals surface area contributed by atoms with Gasteiger partial charge in [0.15, 0.2) is 0 Å². The van der Waals surface area contributed by atoms with Gasteiger partial charge in [-0.25, -0.2) is 0 Å². The maximum absolute atomic E-state index is 5.09. The molecular formula is C10H32OS. The van der Waals surface area contributed by atoms with Gasteiger partial charge in [0.1, 0.15) is 0 Å². The highest BCUT2D eigenvalue weighted by molar-refractivity contribution is 7.98. The molecule has 0 spiro atoms. The first-order valence-corrected chi connectivity index (χ1v) is 3.88. The fraction of sp³-hybridized carbons (Fsp3) is 1.00. The average molecular weight is 200 g/mol. The van der Waals surface area contributed by atoms with Crippen LogP contribution >= 0.6 is 11.8 Å². The molecule has 0 fully saturated rings. The molecule has 2 heteroatoms. The molecule has 1 nitrogen and oxygen atoms in total. The van der Waals surface area contributed by atoms with Gasteiger partial charge < -0.3 is 4.74 Å². The van der Waals surface area contributed by atoms with Crippen LogP contribution in [0.2, 0.25) is 0 Å². The second kappa shape index (κ2) is 42.6. The van der Waals surface area contributed by atoms with Crippen molar-refractivity contribution in [1.82, 2.24) is 0 Å². The molecule has 0 atom stereocenters. The van der Waals surface area contributed by atoms with Gasteiger partial charge in [0.2, 0.25) is 0 Å². The Morgan fingerprint density at radius 2 is 1.42 bits per heavy atom. The zero-order chi connectivity index (χ0) is 5.54. The number of hydrogen-bond donors (Lipinski definition) is 0. The monoisotopic (exact) mass is 200 g/mol. The van der Waals surface area contributed by atoms with Crippen LogP contribution in [0.3, 0.4) is 0 Å². The Hall–Kier alpha value is 0.310. The molecule has 0 unspecified atom stereocenters. The SMILES string of the molecule is C.C.C.C.C.CCCOCSC. The maximum Gasteiger partial charge on any atom is 0.0918 e. The van der Waals surface area contributed by atoms with E-state index in [1.54, 1.807) is 11.8 Å². The summed E-state index contributed by atoms with van der Waals surface area (Å²) in [7, 11) is 0. The van der Waals surface area contributed by atoms with Crippen molar-refractivity contribution in [2.24, 2.45) is 0 Å². The van der Waals surface area contributed by atoms with Gasteiger partial charge >= 0.3 is 0 Å². The van der Waals surface area contributed by atoms with Crippen LogP contribution in [0.5, 0.6) is 0 Å². The lowest BCUT2D eigenvalue weighted by Gasteiger charge is -1.95. The normalized spacial score (nSPS) is 5.50. The Kier molecular flexibility index (Phi) is 141. The lowest BCUT2D eigenvalue weighted by Crippen LogP contribution is -1.89. The van der Waals surface area contributed by atoms with Crippen molar-refractivity contribution in [2.75, 3.05) is 18.8 Å². The molecule has 0 aliphatic rings.